The number of phenols is 1. The molecule has 1 aromatic carbocycles. The first-order valence-corrected chi connectivity index (χ1v) is 7.56. The fraction of sp³-hybridized carbons (Fsp3) is 0.312. The summed E-state index contributed by atoms with van der Waals surface area (Å²) in [5.41, 5.74) is 0.0964. The Kier molecular flexibility index (Phi) is 3.99. The highest BCUT2D eigenvalue weighted by Crippen LogP contribution is 2.25. The van der Waals surface area contributed by atoms with Crippen molar-refractivity contribution in [2.24, 2.45) is 5.10 Å². The van der Waals surface area contributed by atoms with Crippen LogP contribution in [0, 0.1) is 0 Å². The summed E-state index contributed by atoms with van der Waals surface area (Å²) >= 11 is 0. The number of nitrogens with zero attached hydrogens (tertiary/aromatic N) is 6. The van der Waals surface area contributed by atoms with E-state index in [2.05, 4.69) is 20.4 Å². The summed E-state index contributed by atoms with van der Waals surface area (Å²) < 4.78 is 7.55. The third kappa shape index (κ3) is 3.08. The topological polar surface area (TPSA) is 107 Å². The van der Waals surface area contributed by atoms with E-state index in [1.54, 1.807) is 12.1 Å². The van der Waals surface area contributed by atoms with E-state index in [1.165, 1.54) is 30.2 Å². The molecule has 0 radical (unpaired) electrons. The molecule has 2 heterocycles. The van der Waals surface area contributed by atoms with Crippen LogP contribution in [0.25, 0.3) is 5.78 Å². The van der Waals surface area contributed by atoms with Crippen LogP contribution in [0.3, 0.4) is 0 Å². The smallest absolute Gasteiger partial charge is 0.298 e. The van der Waals surface area contributed by atoms with Crippen LogP contribution in [-0.2, 0) is 5.41 Å². The van der Waals surface area contributed by atoms with Crippen LogP contribution in [0.4, 0.5) is 0 Å². The molecule has 0 spiro atoms. The molecule has 25 heavy (non-hydrogen) atoms. The average Bonchev–Trinajstić information content (AvgIpc) is 3.01. The Morgan fingerprint density at radius 3 is 2.72 bits per heavy atom. The van der Waals surface area contributed by atoms with E-state index >= 15 is 0 Å². The first-order valence-electron chi connectivity index (χ1n) is 7.56. The summed E-state index contributed by atoms with van der Waals surface area (Å²) in [6.45, 7) is 5.67. The lowest BCUT2D eigenvalue weighted by Gasteiger charge is -2.16. The summed E-state index contributed by atoms with van der Waals surface area (Å²) in [7, 11) is 1.47. The Labute approximate surface area is 143 Å². The molecule has 0 saturated carbocycles. The van der Waals surface area contributed by atoms with Crippen molar-refractivity contribution >= 4 is 12.0 Å². The van der Waals surface area contributed by atoms with Crippen LogP contribution >= 0.6 is 0 Å². The molecule has 3 aromatic rings. The summed E-state index contributed by atoms with van der Waals surface area (Å²) in [6, 6.07) is 4.81. The zero-order valence-corrected chi connectivity index (χ0v) is 14.3. The molecule has 0 aliphatic carbocycles. The van der Waals surface area contributed by atoms with Gasteiger partial charge in [0.05, 0.1) is 13.3 Å². The quantitative estimate of drug-likeness (QED) is 0.716. The zero-order valence-electron chi connectivity index (χ0n) is 14.3. The number of methoxy groups -OCH3 is 1. The molecule has 0 bridgehead atoms. The highest BCUT2D eigenvalue weighted by atomic mass is 16.5. The van der Waals surface area contributed by atoms with E-state index in [0.29, 0.717) is 17.0 Å². The molecule has 1 N–H and O–H groups in total. The minimum Gasteiger partial charge on any atom is -0.504 e. The minimum atomic E-state index is -0.467. The second-order valence-corrected chi connectivity index (χ2v) is 6.47. The van der Waals surface area contributed by atoms with E-state index in [4.69, 9.17) is 4.74 Å². The monoisotopic (exact) mass is 342 g/mol. The van der Waals surface area contributed by atoms with Crippen molar-refractivity contribution in [2.45, 2.75) is 26.2 Å². The third-order valence-corrected chi connectivity index (χ3v) is 3.54. The highest BCUT2D eigenvalue weighted by molar-refractivity contribution is 5.80. The van der Waals surface area contributed by atoms with Crippen LogP contribution in [0.15, 0.2) is 34.4 Å². The van der Waals surface area contributed by atoms with Crippen LogP contribution < -0.4 is 10.3 Å². The van der Waals surface area contributed by atoms with Crippen molar-refractivity contribution in [3.63, 3.8) is 0 Å². The molecular weight excluding hydrogens is 324 g/mol. The lowest BCUT2D eigenvalue weighted by molar-refractivity contribution is 0.373. The fourth-order valence-electron chi connectivity index (χ4n) is 2.26. The van der Waals surface area contributed by atoms with Gasteiger partial charge in [0.25, 0.3) is 11.3 Å². The number of hydrogen-bond donors (Lipinski definition) is 1. The van der Waals surface area contributed by atoms with Gasteiger partial charge in [0, 0.05) is 5.41 Å². The molecule has 130 valence electrons. The highest BCUT2D eigenvalue weighted by Gasteiger charge is 2.23. The molecule has 0 fully saturated rings. The molecule has 0 amide bonds. The number of ether oxygens (including phenoxy) is 1. The summed E-state index contributed by atoms with van der Waals surface area (Å²) in [4.78, 5) is 12.8. The predicted octanol–water partition coefficient (Wildman–Crippen LogP) is 1.18. The van der Waals surface area contributed by atoms with E-state index in [0.717, 1.165) is 4.68 Å². The van der Waals surface area contributed by atoms with Crippen LogP contribution in [0.1, 0.15) is 32.0 Å². The van der Waals surface area contributed by atoms with Gasteiger partial charge in [-0.2, -0.15) is 19.4 Å². The normalized spacial score (nSPS) is 12.2. The Morgan fingerprint density at radius 2 is 2.08 bits per heavy atom. The van der Waals surface area contributed by atoms with Crippen LogP contribution in [-0.4, -0.2) is 42.9 Å². The first kappa shape index (κ1) is 16.6. The molecule has 0 aliphatic rings. The number of phenolic OH excluding ortho intramolecular Hbond substituents is 1. The van der Waals surface area contributed by atoms with E-state index in [9.17, 15) is 9.90 Å². The fourth-order valence-corrected chi connectivity index (χ4v) is 2.26. The van der Waals surface area contributed by atoms with Gasteiger partial charge in [-0.3, -0.25) is 4.79 Å². The van der Waals surface area contributed by atoms with Gasteiger partial charge in [-0.1, -0.05) is 20.8 Å². The summed E-state index contributed by atoms with van der Waals surface area (Å²) in [5.74, 6) is 0.539. The molecule has 0 unspecified atom stereocenters. The van der Waals surface area contributed by atoms with Gasteiger partial charge in [-0.15, -0.1) is 10.2 Å². The van der Waals surface area contributed by atoms with Crippen molar-refractivity contribution in [1.29, 1.82) is 0 Å². The number of aromatic hydroxyl groups is 1. The van der Waals surface area contributed by atoms with Gasteiger partial charge in [-0.25, -0.2) is 0 Å². The van der Waals surface area contributed by atoms with E-state index < -0.39 is 5.41 Å². The van der Waals surface area contributed by atoms with Crippen molar-refractivity contribution in [3.05, 3.63) is 46.1 Å². The Bertz CT molecular complexity index is 1010. The maximum atomic E-state index is 12.8. The SMILES string of the molecule is COc1ccc(C=Nn2c(=O)c(C(C)(C)C)nn3cnnc23)cc1O. The predicted molar refractivity (Wildman–Crippen MR) is 91.4 cm³/mol. The maximum Gasteiger partial charge on any atom is 0.298 e. The Balaban J connectivity index is 2.12. The van der Waals surface area contributed by atoms with E-state index in [-0.39, 0.29) is 17.1 Å². The van der Waals surface area contributed by atoms with Gasteiger partial charge < -0.3 is 9.84 Å². The van der Waals surface area contributed by atoms with Crippen molar-refractivity contribution < 1.29 is 9.84 Å². The van der Waals surface area contributed by atoms with Crippen molar-refractivity contribution in [2.75, 3.05) is 7.11 Å². The van der Waals surface area contributed by atoms with Crippen LogP contribution in [0.2, 0.25) is 0 Å². The minimum absolute atomic E-state index is 0.0171. The largest absolute Gasteiger partial charge is 0.504 e. The van der Waals surface area contributed by atoms with Crippen molar-refractivity contribution in [1.82, 2.24) is 24.5 Å². The first-order chi connectivity index (χ1) is 11.8. The average molecular weight is 342 g/mol. The molecule has 2 aromatic heterocycles. The Hall–Kier alpha value is -3.23. The maximum absolute atomic E-state index is 12.8. The molecule has 9 nitrogen and oxygen atoms in total. The number of benzene rings is 1. The van der Waals surface area contributed by atoms with Gasteiger partial charge in [0.15, 0.2) is 11.5 Å². The molecule has 3 rings (SSSR count). The standard InChI is InChI=1S/C16H18N6O3/c1-16(2,3)13-14(24)22(15-19-17-9-21(15)20-13)18-8-10-5-6-12(25-4)11(23)7-10/h5-9,23H,1-4H3. The summed E-state index contributed by atoms with van der Waals surface area (Å²) in [6.07, 6.45) is 2.86. The number of rotatable bonds is 3. The van der Waals surface area contributed by atoms with Crippen LogP contribution in [0.5, 0.6) is 11.5 Å². The number of hydrogen-bond acceptors (Lipinski definition) is 7. The van der Waals surface area contributed by atoms with Gasteiger partial charge in [0.1, 0.15) is 12.0 Å². The molecule has 0 saturated heterocycles. The second kappa shape index (κ2) is 6.00. The van der Waals surface area contributed by atoms with Crippen molar-refractivity contribution in [3.8, 4) is 11.5 Å². The van der Waals surface area contributed by atoms with Gasteiger partial charge in [0.2, 0.25) is 0 Å². The lowest BCUT2D eigenvalue weighted by Crippen LogP contribution is -2.33. The number of fused-ring (bicyclic) bond motifs is 1. The zero-order chi connectivity index (χ0) is 18.2. The molecule has 0 atom stereocenters. The summed E-state index contributed by atoms with van der Waals surface area (Å²) in [5, 5.41) is 26.0. The Morgan fingerprint density at radius 1 is 1.32 bits per heavy atom. The number of aromatic nitrogens is 5. The second-order valence-electron chi connectivity index (χ2n) is 6.47. The molecule has 9 heteroatoms. The third-order valence-electron chi connectivity index (χ3n) is 3.54. The lowest BCUT2D eigenvalue weighted by atomic mass is 9.93. The molecular formula is C16H18N6O3. The molecule has 0 aliphatic heterocycles. The van der Waals surface area contributed by atoms with Gasteiger partial charge >= 0.3 is 0 Å². The van der Waals surface area contributed by atoms with Gasteiger partial charge in [-0.05, 0) is 23.8 Å². The van der Waals surface area contributed by atoms with E-state index in [1.807, 2.05) is 20.8 Å².